The molecule has 14 heavy (non-hydrogen) atoms. The Morgan fingerprint density at radius 1 is 1.43 bits per heavy atom. The zero-order valence-electron chi connectivity index (χ0n) is 7.86. The van der Waals surface area contributed by atoms with E-state index in [4.69, 9.17) is 5.11 Å². The molecule has 1 rings (SSSR count). The fraction of sp³-hybridized carbons (Fsp3) is 0.0909. The van der Waals surface area contributed by atoms with E-state index in [2.05, 4.69) is 6.92 Å². The summed E-state index contributed by atoms with van der Waals surface area (Å²) in [7, 11) is 0. The SMILES string of the molecule is [CH2]c1ccc(C=C(SC)C(=O)O)cc1. The molecule has 0 aliphatic heterocycles. The standard InChI is InChI=1S/C11H11O2S/c1-8-3-5-9(6-4-8)7-10(14-2)11(12)13/h3-7H,1H2,2H3,(H,12,13). The van der Waals surface area contributed by atoms with Gasteiger partial charge in [-0.3, -0.25) is 0 Å². The lowest BCUT2D eigenvalue weighted by Crippen LogP contribution is -1.95. The maximum absolute atomic E-state index is 10.7. The fourth-order valence-electron chi connectivity index (χ4n) is 0.973. The van der Waals surface area contributed by atoms with Crippen molar-refractivity contribution in [1.82, 2.24) is 0 Å². The Morgan fingerprint density at radius 3 is 2.43 bits per heavy atom. The number of carbonyl (C=O) groups is 1. The molecule has 0 unspecified atom stereocenters. The van der Waals surface area contributed by atoms with Crippen LogP contribution in [0.1, 0.15) is 11.1 Å². The summed E-state index contributed by atoms with van der Waals surface area (Å²) >= 11 is 1.22. The first kappa shape index (κ1) is 10.9. The second-order valence-corrected chi connectivity index (χ2v) is 3.61. The Balaban J connectivity index is 2.95. The molecule has 0 spiro atoms. The Hall–Kier alpha value is -1.22. The highest BCUT2D eigenvalue weighted by atomic mass is 32.2. The smallest absolute Gasteiger partial charge is 0.342 e. The Morgan fingerprint density at radius 2 is 2.00 bits per heavy atom. The van der Waals surface area contributed by atoms with Gasteiger partial charge in [0.15, 0.2) is 0 Å². The second-order valence-electron chi connectivity index (χ2n) is 2.76. The predicted octanol–water partition coefficient (Wildman–Crippen LogP) is 2.66. The largest absolute Gasteiger partial charge is 0.477 e. The third-order valence-corrected chi connectivity index (χ3v) is 2.44. The van der Waals surface area contributed by atoms with Crippen molar-refractivity contribution < 1.29 is 9.90 Å². The van der Waals surface area contributed by atoms with Crippen molar-refractivity contribution in [2.75, 3.05) is 6.26 Å². The Labute approximate surface area is 87.6 Å². The van der Waals surface area contributed by atoms with Crippen LogP contribution in [0.5, 0.6) is 0 Å². The van der Waals surface area contributed by atoms with Crippen molar-refractivity contribution in [2.24, 2.45) is 0 Å². The van der Waals surface area contributed by atoms with Crippen LogP contribution in [0, 0.1) is 6.92 Å². The molecule has 0 aromatic heterocycles. The van der Waals surface area contributed by atoms with Crippen LogP contribution >= 0.6 is 11.8 Å². The molecule has 0 atom stereocenters. The molecule has 0 bridgehead atoms. The number of benzene rings is 1. The minimum absolute atomic E-state index is 0.335. The van der Waals surface area contributed by atoms with Crippen LogP contribution in [-0.4, -0.2) is 17.3 Å². The molecule has 0 fully saturated rings. The summed E-state index contributed by atoms with van der Waals surface area (Å²) in [4.78, 5) is 11.0. The second kappa shape index (κ2) is 4.86. The van der Waals surface area contributed by atoms with Crippen LogP contribution in [0.3, 0.4) is 0 Å². The van der Waals surface area contributed by atoms with Gasteiger partial charge in [-0.2, -0.15) is 0 Å². The first-order chi connectivity index (χ1) is 6.63. The summed E-state index contributed by atoms with van der Waals surface area (Å²) in [6.45, 7) is 3.75. The van der Waals surface area contributed by atoms with Crippen molar-refractivity contribution >= 4 is 23.8 Å². The number of hydrogen-bond acceptors (Lipinski definition) is 2. The topological polar surface area (TPSA) is 37.3 Å². The van der Waals surface area contributed by atoms with E-state index in [1.165, 1.54) is 11.8 Å². The molecular formula is C11H11O2S. The third kappa shape index (κ3) is 2.92. The number of rotatable bonds is 3. The van der Waals surface area contributed by atoms with Gasteiger partial charge < -0.3 is 5.11 Å². The molecule has 0 saturated carbocycles. The number of hydrogen-bond donors (Lipinski definition) is 1. The van der Waals surface area contributed by atoms with Crippen LogP contribution in [0.15, 0.2) is 29.2 Å². The molecule has 1 aromatic carbocycles. The lowest BCUT2D eigenvalue weighted by atomic mass is 10.1. The van der Waals surface area contributed by atoms with Crippen LogP contribution in [0.2, 0.25) is 0 Å². The maximum atomic E-state index is 10.7. The number of carboxylic acids is 1. The molecule has 0 amide bonds. The monoisotopic (exact) mass is 207 g/mol. The molecule has 0 saturated heterocycles. The molecule has 1 N–H and O–H groups in total. The van der Waals surface area contributed by atoms with E-state index in [1.54, 1.807) is 12.3 Å². The minimum atomic E-state index is -0.892. The molecule has 1 aromatic rings. The van der Waals surface area contributed by atoms with Gasteiger partial charge in [-0.25, -0.2) is 4.79 Å². The van der Waals surface area contributed by atoms with Crippen molar-refractivity contribution in [3.8, 4) is 0 Å². The van der Waals surface area contributed by atoms with E-state index in [0.29, 0.717) is 4.91 Å². The zero-order chi connectivity index (χ0) is 10.6. The van der Waals surface area contributed by atoms with E-state index in [0.717, 1.165) is 11.1 Å². The van der Waals surface area contributed by atoms with Crippen LogP contribution in [0.4, 0.5) is 0 Å². The Kier molecular flexibility index (Phi) is 3.77. The first-order valence-corrected chi connectivity index (χ1v) is 5.27. The van der Waals surface area contributed by atoms with Crippen molar-refractivity contribution in [3.63, 3.8) is 0 Å². The summed E-state index contributed by atoms with van der Waals surface area (Å²) in [5.74, 6) is -0.892. The third-order valence-electron chi connectivity index (χ3n) is 1.71. The molecule has 0 aliphatic rings. The zero-order valence-corrected chi connectivity index (χ0v) is 8.67. The van der Waals surface area contributed by atoms with Gasteiger partial charge in [0.25, 0.3) is 0 Å². The Bertz CT molecular complexity index is 352. The first-order valence-electron chi connectivity index (χ1n) is 4.04. The number of aliphatic carboxylic acids is 1. The van der Waals surface area contributed by atoms with Crippen LogP contribution in [-0.2, 0) is 4.79 Å². The average molecular weight is 207 g/mol. The molecule has 0 heterocycles. The summed E-state index contributed by atoms with van der Waals surface area (Å²) in [6, 6.07) is 7.40. The van der Waals surface area contributed by atoms with E-state index in [1.807, 2.05) is 24.3 Å². The van der Waals surface area contributed by atoms with Gasteiger partial charge in [0, 0.05) is 0 Å². The molecule has 0 aliphatic carbocycles. The van der Waals surface area contributed by atoms with E-state index in [9.17, 15) is 4.79 Å². The van der Waals surface area contributed by atoms with Gasteiger partial charge in [-0.05, 0) is 30.4 Å². The molecule has 73 valence electrons. The summed E-state index contributed by atoms with van der Waals surface area (Å²) in [6.07, 6.45) is 3.39. The van der Waals surface area contributed by atoms with Gasteiger partial charge in [-0.15, -0.1) is 11.8 Å². The van der Waals surface area contributed by atoms with Crippen LogP contribution in [0.25, 0.3) is 6.08 Å². The maximum Gasteiger partial charge on any atom is 0.342 e. The predicted molar refractivity (Wildman–Crippen MR) is 60.0 cm³/mol. The highest BCUT2D eigenvalue weighted by Crippen LogP contribution is 2.16. The van der Waals surface area contributed by atoms with Gasteiger partial charge in [-0.1, -0.05) is 24.3 Å². The molecular weight excluding hydrogens is 196 g/mol. The van der Waals surface area contributed by atoms with Gasteiger partial charge in [0.2, 0.25) is 0 Å². The van der Waals surface area contributed by atoms with Crippen molar-refractivity contribution in [1.29, 1.82) is 0 Å². The average Bonchev–Trinajstić information content (AvgIpc) is 2.16. The minimum Gasteiger partial charge on any atom is -0.477 e. The molecule has 2 nitrogen and oxygen atoms in total. The van der Waals surface area contributed by atoms with Gasteiger partial charge in [0.05, 0.1) is 4.91 Å². The van der Waals surface area contributed by atoms with Crippen molar-refractivity contribution in [2.45, 2.75) is 0 Å². The van der Waals surface area contributed by atoms with Crippen LogP contribution < -0.4 is 0 Å². The van der Waals surface area contributed by atoms with Gasteiger partial charge >= 0.3 is 5.97 Å². The number of carboxylic acid groups (broad SMARTS) is 1. The fourth-order valence-corrected chi connectivity index (χ4v) is 1.40. The summed E-state index contributed by atoms with van der Waals surface area (Å²) in [5.41, 5.74) is 1.80. The van der Waals surface area contributed by atoms with Gasteiger partial charge in [0.1, 0.15) is 0 Å². The lowest BCUT2D eigenvalue weighted by Gasteiger charge is -1.98. The molecule has 3 heteroatoms. The van der Waals surface area contributed by atoms with Crippen molar-refractivity contribution in [3.05, 3.63) is 47.2 Å². The normalized spacial score (nSPS) is 11.4. The van der Waals surface area contributed by atoms with E-state index < -0.39 is 5.97 Å². The molecule has 1 radical (unpaired) electrons. The lowest BCUT2D eigenvalue weighted by molar-refractivity contribution is -0.131. The highest BCUT2D eigenvalue weighted by molar-refractivity contribution is 8.03. The quantitative estimate of drug-likeness (QED) is 0.774. The van der Waals surface area contributed by atoms with E-state index >= 15 is 0 Å². The number of thioether (sulfide) groups is 1. The summed E-state index contributed by atoms with van der Waals surface area (Å²) in [5, 5.41) is 8.79. The van der Waals surface area contributed by atoms with E-state index in [-0.39, 0.29) is 0 Å². The highest BCUT2D eigenvalue weighted by Gasteiger charge is 2.04. The summed E-state index contributed by atoms with van der Waals surface area (Å²) < 4.78 is 0.